The molecule has 6 nitrogen and oxygen atoms in total. The lowest BCUT2D eigenvalue weighted by molar-refractivity contribution is 0.242. The Morgan fingerprint density at radius 2 is 2.19 bits per heavy atom. The Bertz CT molecular complexity index is 576. The van der Waals surface area contributed by atoms with Crippen molar-refractivity contribution in [3.05, 3.63) is 47.4 Å². The predicted octanol–water partition coefficient (Wildman–Crippen LogP) is 3.41. The van der Waals surface area contributed by atoms with Gasteiger partial charge in [0.2, 0.25) is 6.17 Å². The lowest BCUT2D eigenvalue weighted by Gasteiger charge is -2.18. The summed E-state index contributed by atoms with van der Waals surface area (Å²) in [5.41, 5.74) is 0.953. The normalized spacial score (nSPS) is 12.9. The van der Waals surface area contributed by atoms with E-state index in [4.69, 9.17) is 4.74 Å². The van der Waals surface area contributed by atoms with Crippen LogP contribution in [0, 0.1) is 10.3 Å². The van der Waals surface area contributed by atoms with Gasteiger partial charge in [0.1, 0.15) is 18.4 Å². The largest absolute Gasteiger partial charge is 0.494 e. The van der Waals surface area contributed by atoms with Gasteiger partial charge in [-0.1, -0.05) is 32.9 Å². The van der Waals surface area contributed by atoms with Crippen LogP contribution in [-0.4, -0.2) is 21.4 Å². The first-order valence-corrected chi connectivity index (χ1v) is 6.89. The molecule has 0 saturated carbocycles. The first kappa shape index (κ1) is 15.2. The Morgan fingerprint density at radius 1 is 1.38 bits per heavy atom. The zero-order chi connectivity index (χ0) is 15.3. The van der Waals surface area contributed by atoms with E-state index in [1.165, 1.54) is 17.3 Å². The molecule has 0 radical (unpaired) electrons. The Morgan fingerprint density at radius 3 is 2.81 bits per heavy atom. The minimum atomic E-state index is -0.723. The molecule has 0 aliphatic rings. The van der Waals surface area contributed by atoms with Gasteiger partial charge in [0.05, 0.1) is 6.61 Å². The summed E-state index contributed by atoms with van der Waals surface area (Å²) in [7, 11) is 0. The zero-order valence-electron chi connectivity index (χ0n) is 12.6. The Hall–Kier alpha value is -2.24. The molecule has 0 N–H and O–H groups in total. The summed E-state index contributed by atoms with van der Waals surface area (Å²) >= 11 is 0. The van der Waals surface area contributed by atoms with Gasteiger partial charge in [0.15, 0.2) is 0 Å². The summed E-state index contributed by atoms with van der Waals surface area (Å²) in [5.74, 6) is 0.727. The van der Waals surface area contributed by atoms with Crippen LogP contribution < -0.4 is 4.74 Å². The standard InChI is InChI=1S/C15H20N4O2/c1-15(2,3)7-8-21-13-6-4-5-12(9-13)14(18-20)19-11-16-10-17-19/h4-6,9-11,14H,7-8H2,1-3H3. The number of benzene rings is 1. The number of nitrogens with zero attached hydrogens (tertiary/aromatic N) is 4. The smallest absolute Gasteiger partial charge is 0.210 e. The van der Waals surface area contributed by atoms with Crippen LogP contribution in [0.1, 0.15) is 38.9 Å². The summed E-state index contributed by atoms with van der Waals surface area (Å²) in [4.78, 5) is 14.9. The van der Waals surface area contributed by atoms with E-state index in [1.807, 2.05) is 24.3 Å². The third-order valence-electron chi connectivity index (χ3n) is 3.06. The van der Waals surface area contributed by atoms with Crippen LogP contribution >= 0.6 is 0 Å². The molecule has 1 atom stereocenters. The van der Waals surface area contributed by atoms with Crippen LogP contribution in [0.25, 0.3) is 0 Å². The van der Waals surface area contributed by atoms with Crippen molar-refractivity contribution in [2.45, 2.75) is 33.4 Å². The molecule has 1 unspecified atom stereocenters. The molecule has 2 rings (SSSR count). The van der Waals surface area contributed by atoms with E-state index < -0.39 is 6.17 Å². The van der Waals surface area contributed by atoms with Gasteiger partial charge in [0, 0.05) is 5.56 Å². The van der Waals surface area contributed by atoms with Crippen molar-refractivity contribution in [2.24, 2.45) is 10.6 Å². The maximum Gasteiger partial charge on any atom is 0.210 e. The first-order valence-electron chi connectivity index (χ1n) is 6.89. The van der Waals surface area contributed by atoms with E-state index in [2.05, 4.69) is 36.0 Å². The van der Waals surface area contributed by atoms with Gasteiger partial charge >= 0.3 is 0 Å². The second-order valence-electron chi connectivity index (χ2n) is 6.09. The number of hydrogen-bond donors (Lipinski definition) is 0. The molecule has 0 aliphatic heterocycles. The van der Waals surface area contributed by atoms with E-state index in [0.29, 0.717) is 6.61 Å². The summed E-state index contributed by atoms with van der Waals surface area (Å²) in [6.45, 7) is 7.15. The second kappa shape index (κ2) is 6.47. The quantitative estimate of drug-likeness (QED) is 0.764. The van der Waals surface area contributed by atoms with Gasteiger partial charge in [-0.25, -0.2) is 9.67 Å². The van der Waals surface area contributed by atoms with Gasteiger partial charge in [-0.2, -0.15) is 5.10 Å². The average Bonchev–Trinajstić information content (AvgIpc) is 2.93. The fourth-order valence-electron chi connectivity index (χ4n) is 1.85. The monoisotopic (exact) mass is 288 g/mol. The summed E-state index contributed by atoms with van der Waals surface area (Å²) in [6, 6.07) is 7.35. The molecule has 0 bridgehead atoms. The Labute approximate surface area is 124 Å². The molecule has 0 fully saturated rings. The van der Waals surface area contributed by atoms with Crippen molar-refractivity contribution in [3.8, 4) is 5.75 Å². The molecule has 21 heavy (non-hydrogen) atoms. The van der Waals surface area contributed by atoms with Crippen molar-refractivity contribution < 1.29 is 4.74 Å². The van der Waals surface area contributed by atoms with Crippen LogP contribution in [0.5, 0.6) is 5.75 Å². The average molecular weight is 288 g/mol. The van der Waals surface area contributed by atoms with Gasteiger partial charge < -0.3 is 4.74 Å². The number of hydrogen-bond acceptors (Lipinski definition) is 5. The Kier molecular flexibility index (Phi) is 4.67. The molecule has 0 aliphatic carbocycles. The molecular weight excluding hydrogens is 268 g/mol. The molecule has 1 heterocycles. The molecule has 1 aromatic heterocycles. The topological polar surface area (TPSA) is 69.4 Å². The van der Waals surface area contributed by atoms with Crippen molar-refractivity contribution in [3.63, 3.8) is 0 Å². The fourth-order valence-corrected chi connectivity index (χ4v) is 1.85. The van der Waals surface area contributed by atoms with Gasteiger partial charge in [-0.05, 0) is 29.1 Å². The predicted molar refractivity (Wildman–Crippen MR) is 80.0 cm³/mol. The molecular formula is C15H20N4O2. The van der Waals surface area contributed by atoms with Crippen molar-refractivity contribution >= 4 is 0 Å². The van der Waals surface area contributed by atoms with Crippen molar-refractivity contribution in [1.82, 2.24) is 14.8 Å². The van der Waals surface area contributed by atoms with E-state index >= 15 is 0 Å². The maximum absolute atomic E-state index is 11.1. The van der Waals surface area contributed by atoms with Crippen LogP contribution in [0.3, 0.4) is 0 Å². The highest BCUT2D eigenvalue weighted by atomic mass is 16.5. The molecule has 0 amide bonds. The summed E-state index contributed by atoms with van der Waals surface area (Å²) in [5, 5.41) is 7.08. The van der Waals surface area contributed by atoms with Gasteiger partial charge in [0.25, 0.3) is 0 Å². The second-order valence-corrected chi connectivity index (χ2v) is 6.09. The van der Waals surface area contributed by atoms with Crippen molar-refractivity contribution in [2.75, 3.05) is 6.61 Å². The first-order chi connectivity index (χ1) is 9.99. The summed E-state index contributed by atoms with van der Waals surface area (Å²) < 4.78 is 7.16. The fraction of sp³-hybridized carbons (Fsp3) is 0.467. The van der Waals surface area contributed by atoms with Gasteiger partial charge in [-0.15, -0.1) is 4.91 Å². The van der Waals surface area contributed by atoms with Crippen LogP contribution in [0.4, 0.5) is 0 Å². The molecule has 0 spiro atoms. The maximum atomic E-state index is 11.1. The molecule has 112 valence electrons. The molecule has 6 heteroatoms. The highest BCUT2D eigenvalue weighted by Crippen LogP contribution is 2.24. The Balaban J connectivity index is 2.08. The number of nitroso groups, excluding NO2 is 1. The third-order valence-corrected chi connectivity index (χ3v) is 3.06. The van der Waals surface area contributed by atoms with E-state index in [-0.39, 0.29) is 5.41 Å². The molecule has 2 aromatic rings. The van der Waals surface area contributed by atoms with Gasteiger partial charge in [-0.3, -0.25) is 0 Å². The highest BCUT2D eigenvalue weighted by Gasteiger charge is 2.15. The molecule has 0 saturated heterocycles. The minimum absolute atomic E-state index is 0.227. The zero-order valence-corrected chi connectivity index (χ0v) is 12.6. The van der Waals surface area contributed by atoms with Crippen LogP contribution in [-0.2, 0) is 0 Å². The SMILES string of the molecule is CC(C)(C)CCOc1cccc(C(N=O)n2cncn2)c1. The number of rotatable bonds is 6. The molecule has 1 aromatic carbocycles. The minimum Gasteiger partial charge on any atom is -0.494 e. The van der Waals surface area contributed by atoms with Crippen LogP contribution in [0.2, 0.25) is 0 Å². The lowest BCUT2D eigenvalue weighted by Crippen LogP contribution is -2.12. The van der Waals surface area contributed by atoms with Crippen molar-refractivity contribution in [1.29, 1.82) is 0 Å². The van der Waals surface area contributed by atoms with E-state index in [1.54, 1.807) is 0 Å². The lowest BCUT2D eigenvalue weighted by atomic mass is 9.93. The van der Waals surface area contributed by atoms with E-state index in [9.17, 15) is 4.91 Å². The van der Waals surface area contributed by atoms with Crippen LogP contribution in [0.15, 0.2) is 42.1 Å². The number of ether oxygens (including phenoxy) is 1. The summed E-state index contributed by atoms with van der Waals surface area (Å²) in [6.07, 6.45) is 3.08. The van der Waals surface area contributed by atoms with E-state index in [0.717, 1.165) is 17.7 Å². The third kappa shape index (κ3) is 4.37. The number of aromatic nitrogens is 3. The highest BCUT2D eigenvalue weighted by molar-refractivity contribution is 5.30.